The minimum Gasteiger partial charge on any atom is -0.316 e. The number of thioether (sulfide) groups is 1. The summed E-state index contributed by atoms with van der Waals surface area (Å²) in [5, 5.41) is 1.04. The first-order valence-electron chi connectivity index (χ1n) is 8.90. The van der Waals surface area contributed by atoms with Gasteiger partial charge in [-0.15, -0.1) is 0 Å². The van der Waals surface area contributed by atoms with Crippen LogP contribution < -0.4 is 4.90 Å². The SMILES string of the molecule is Cc1cccc(CC(=O)N=C2S[C@H]3CS(=O)(=O)C[C@H]3N2c2ccc(Cl)cc2)c1. The summed E-state index contributed by atoms with van der Waals surface area (Å²) in [7, 11) is -3.09. The molecule has 2 aromatic rings. The predicted molar refractivity (Wildman–Crippen MR) is 115 cm³/mol. The molecule has 5 nitrogen and oxygen atoms in total. The van der Waals surface area contributed by atoms with Gasteiger partial charge in [-0.3, -0.25) is 4.79 Å². The molecule has 0 saturated carbocycles. The maximum atomic E-state index is 12.6. The summed E-state index contributed by atoms with van der Waals surface area (Å²) in [6, 6.07) is 14.7. The van der Waals surface area contributed by atoms with E-state index in [9.17, 15) is 13.2 Å². The third-order valence-electron chi connectivity index (χ3n) is 4.83. The number of halogens is 1. The first kappa shape index (κ1) is 19.5. The molecule has 0 radical (unpaired) electrons. The molecule has 4 rings (SSSR count). The summed E-state index contributed by atoms with van der Waals surface area (Å²) in [6.45, 7) is 1.98. The predicted octanol–water partition coefficient (Wildman–Crippen LogP) is 3.49. The van der Waals surface area contributed by atoms with Crippen LogP contribution in [0.2, 0.25) is 5.02 Å². The van der Waals surface area contributed by atoms with E-state index in [-0.39, 0.29) is 35.1 Å². The van der Waals surface area contributed by atoms with Crippen LogP contribution in [0.4, 0.5) is 5.69 Å². The van der Waals surface area contributed by atoms with Gasteiger partial charge in [0.05, 0.1) is 24.0 Å². The van der Waals surface area contributed by atoms with Crippen molar-refractivity contribution in [2.24, 2.45) is 4.99 Å². The van der Waals surface area contributed by atoms with Gasteiger partial charge in [0.2, 0.25) is 0 Å². The highest BCUT2D eigenvalue weighted by Gasteiger charge is 2.49. The molecular weight excluding hydrogens is 416 g/mol. The third kappa shape index (κ3) is 4.11. The lowest BCUT2D eigenvalue weighted by Crippen LogP contribution is -2.37. The van der Waals surface area contributed by atoms with Crippen LogP contribution >= 0.6 is 23.4 Å². The van der Waals surface area contributed by atoms with Gasteiger partial charge in [-0.05, 0) is 36.8 Å². The maximum Gasteiger partial charge on any atom is 0.252 e. The zero-order valence-corrected chi connectivity index (χ0v) is 17.6. The quantitative estimate of drug-likeness (QED) is 0.739. The van der Waals surface area contributed by atoms with Gasteiger partial charge in [-0.25, -0.2) is 8.42 Å². The third-order valence-corrected chi connectivity index (χ3v) is 8.29. The van der Waals surface area contributed by atoms with Crippen molar-refractivity contribution in [3.63, 3.8) is 0 Å². The lowest BCUT2D eigenvalue weighted by molar-refractivity contribution is -0.117. The highest BCUT2D eigenvalue weighted by molar-refractivity contribution is 8.16. The monoisotopic (exact) mass is 434 g/mol. The van der Waals surface area contributed by atoms with Gasteiger partial charge in [0.25, 0.3) is 5.91 Å². The van der Waals surface area contributed by atoms with Crippen LogP contribution in [0, 0.1) is 6.92 Å². The molecule has 2 fully saturated rings. The summed E-state index contributed by atoms with van der Waals surface area (Å²) < 4.78 is 24.2. The number of carbonyl (C=O) groups is 1. The Bertz CT molecular complexity index is 1050. The number of aliphatic imine (C=N–C) groups is 1. The highest BCUT2D eigenvalue weighted by Crippen LogP contribution is 2.41. The topological polar surface area (TPSA) is 66.8 Å². The average Bonchev–Trinajstić information content (AvgIpc) is 3.06. The number of hydrogen-bond donors (Lipinski definition) is 0. The van der Waals surface area contributed by atoms with Gasteiger partial charge in [-0.2, -0.15) is 4.99 Å². The Morgan fingerprint density at radius 2 is 1.96 bits per heavy atom. The van der Waals surface area contributed by atoms with E-state index >= 15 is 0 Å². The van der Waals surface area contributed by atoms with E-state index in [1.807, 2.05) is 48.2 Å². The molecule has 2 heterocycles. The molecule has 0 aliphatic carbocycles. The highest BCUT2D eigenvalue weighted by atomic mass is 35.5. The van der Waals surface area contributed by atoms with Crippen molar-refractivity contribution in [3.8, 4) is 0 Å². The largest absolute Gasteiger partial charge is 0.316 e. The minimum atomic E-state index is -3.09. The van der Waals surface area contributed by atoms with E-state index in [4.69, 9.17) is 11.6 Å². The molecule has 0 spiro atoms. The Labute approximate surface area is 173 Å². The Morgan fingerprint density at radius 1 is 1.21 bits per heavy atom. The molecule has 1 amide bonds. The molecule has 146 valence electrons. The van der Waals surface area contributed by atoms with Crippen LogP contribution in [0.3, 0.4) is 0 Å². The van der Waals surface area contributed by atoms with E-state index in [1.54, 1.807) is 12.1 Å². The molecule has 2 aliphatic heterocycles. The smallest absolute Gasteiger partial charge is 0.252 e. The fourth-order valence-corrected chi connectivity index (χ4v) is 7.67. The van der Waals surface area contributed by atoms with Gasteiger partial charge in [0.15, 0.2) is 15.0 Å². The van der Waals surface area contributed by atoms with Crippen LogP contribution in [-0.2, 0) is 21.1 Å². The Balaban J connectivity index is 1.63. The summed E-state index contributed by atoms with van der Waals surface area (Å²) in [5.74, 6) is -0.0644. The Hall–Kier alpha value is -1.83. The zero-order chi connectivity index (χ0) is 19.9. The van der Waals surface area contributed by atoms with Gasteiger partial charge < -0.3 is 4.90 Å². The number of amides is 1. The molecule has 0 N–H and O–H groups in total. The molecule has 2 atom stereocenters. The number of sulfone groups is 1. The van der Waals surface area contributed by atoms with Crippen molar-refractivity contribution < 1.29 is 13.2 Å². The molecule has 2 saturated heterocycles. The molecule has 0 bridgehead atoms. The minimum absolute atomic E-state index is 0.0678. The van der Waals surface area contributed by atoms with Crippen molar-refractivity contribution in [2.45, 2.75) is 24.6 Å². The Kier molecular flexibility index (Phi) is 5.24. The summed E-state index contributed by atoms with van der Waals surface area (Å²) >= 11 is 7.37. The van der Waals surface area contributed by atoms with Gasteiger partial charge >= 0.3 is 0 Å². The molecular formula is C20H19ClN2O3S2. The van der Waals surface area contributed by atoms with Crippen LogP contribution in [0.25, 0.3) is 0 Å². The van der Waals surface area contributed by atoms with Crippen LogP contribution in [0.5, 0.6) is 0 Å². The average molecular weight is 435 g/mol. The van der Waals surface area contributed by atoms with Gasteiger partial charge in [0, 0.05) is 16.0 Å². The van der Waals surface area contributed by atoms with Gasteiger partial charge in [-0.1, -0.05) is 53.2 Å². The maximum absolute atomic E-state index is 12.6. The number of carbonyl (C=O) groups excluding carboxylic acids is 1. The van der Waals surface area contributed by atoms with Crippen LogP contribution in [0.1, 0.15) is 11.1 Å². The first-order valence-corrected chi connectivity index (χ1v) is 12.0. The second-order valence-electron chi connectivity index (χ2n) is 7.10. The van der Waals surface area contributed by atoms with Crippen molar-refractivity contribution in [3.05, 3.63) is 64.7 Å². The zero-order valence-electron chi connectivity index (χ0n) is 15.2. The molecule has 2 aliphatic rings. The second-order valence-corrected chi connectivity index (χ2v) is 10.9. The lowest BCUT2D eigenvalue weighted by Gasteiger charge is -2.24. The molecule has 28 heavy (non-hydrogen) atoms. The molecule has 0 aromatic heterocycles. The number of fused-ring (bicyclic) bond motifs is 1. The van der Waals surface area contributed by atoms with Crippen LogP contribution in [0.15, 0.2) is 53.5 Å². The fourth-order valence-electron chi connectivity index (χ4n) is 3.61. The number of rotatable bonds is 3. The van der Waals surface area contributed by atoms with Crippen molar-refractivity contribution in [1.82, 2.24) is 0 Å². The van der Waals surface area contributed by atoms with Crippen molar-refractivity contribution in [2.75, 3.05) is 16.4 Å². The van der Waals surface area contributed by atoms with E-state index < -0.39 is 9.84 Å². The normalized spacial score (nSPS) is 24.5. The van der Waals surface area contributed by atoms with E-state index in [0.717, 1.165) is 16.8 Å². The first-order chi connectivity index (χ1) is 13.3. The molecule has 2 aromatic carbocycles. The lowest BCUT2D eigenvalue weighted by atomic mass is 10.1. The fraction of sp³-hybridized carbons (Fsp3) is 0.300. The second kappa shape index (κ2) is 7.54. The number of hydrogen-bond acceptors (Lipinski definition) is 4. The number of amidine groups is 1. The summed E-state index contributed by atoms with van der Waals surface area (Å²) in [4.78, 5) is 18.8. The van der Waals surface area contributed by atoms with E-state index in [1.165, 1.54) is 11.8 Å². The molecule has 0 unspecified atom stereocenters. The number of benzene rings is 2. The number of nitrogens with zero attached hydrogens (tertiary/aromatic N) is 2. The van der Waals surface area contributed by atoms with Crippen LogP contribution in [-0.4, -0.2) is 42.3 Å². The number of anilines is 1. The van der Waals surface area contributed by atoms with Gasteiger partial charge in [0.1, 0.15) is 0 Å². The van der Waals surface area contributed by atoms with Crippen molar-refractivity contribution in [1.29, 1.82) is 0 Å². The van der Waals surface area contributed by atoms with E-state index in [2.05, 4.69) is 4.99 Å². The summed E-state index contributed by atoms with van der Waals surface area (Å²) in [5.41, 5.74) is 2.80. The molecule has 8 heteroatoms. The Morgan fingerprint density at radius 3 is 2.68 bits per heavy atom. The summed E-state index contributed by atoms with van der Waals surface area (Å²) in [6.07, 6.45) is 0.216. The van der Waals surface area contributed by atoms with E-state index in [0.29, 0.717) is 10.2 Å². The number of aryl methyl sites for hydroxylation is 1. The van der Waals surface area contributed by atoms with Crippen molar-refractivity contribution >= 4 is 50.0 Å². The standard InChI is InChI=1S/C20H19ClN2O3S2/c1-13-3-2-4-14(9-13)10-19(24)22-20-23(16-7-5-15(21)6-8-16)17-11-28(25,26)12-18(17)27-20/h2-9,17-18H,10-12H2,1H3/t17-,18+/m1/s1.